The third-order valence-corrected chi connectivity index (χ3v) is 3.15. The van der Waals surface area contributed by atoms with Crippen molar-refractivity contribution in [3.05, 3.63) is 0 Å². The molecule has 0 bridgehead atoms. The van der Waals surface area contributed by atoms with Crippen LogP contribution < -0.4 is 5.32 Å². The number of nitriles is 1. The molecule has 0 aromatic heterocycles. The van der Waals surface area contributed by atoms with Gasteiger partial charge >= 0.3 is 0 Å². The lowest BCUT2D eigenvalue weighted by molar-refractivity contribution is 0.167. The Morgan fingerprint density at radius 3 is 2.24 bits per heavy atom. The Labute approximate surface area is 107 Å². The first-order valence-electron chi connectivity index (χ1n) is 6.78. The Balaban J connectivity index is 4.47. The van der Waals surface area contributed by atoms with Crippen LogP contribution >= 0.6 is 0 Å². The standard InChI is InChI=1S/C14H29N3/c1-7-16-14(6,11-15)9-13(5)17(8-2)10-12(3)4/h12-13,16H,7-10H2,1-6H3. The van der Waals surface area contributed by atoms with Gasteiger partial charge in [-0.2, -0.15) is 5.26 Å². The van der Waals surface area contributed by atoms with Gasteiger partial charge in [-0.05, 0) is 39.3 Å². The summed E-state index contributed by atoms with van der Waals surface area (Å²) >= 11 is 0. The lowest BCUT2D eigenvalue weighted by Crippen LogP contribution is -2.47. The Hall–Kier alpha value is -0.590. The Kier molecular flexibility index (Phi) is 7.41. The fourth-order valence-electron chi connectivity index (χ4n) is 2.36. The first kappa shape index (κ1) is 16.4. The zero-order valence-electron chi connectivity index (χ0n) is 12.4. The van der Waals surface area contributed by atoms with E-state index in [2.05, 4.69) is 44.0 Å². The molecule has 0 fully saturated rings. The Bertz CT molecular complexity index is 244. The summed E-state index contributed by atoms with van der Waals surface area (Å²) in [6.07, 6.45) is 0.873. The summed E-state index contributed by atoms with van der Waals surface area (Å²) in [4.78, 5) is 2.46. The smallest absolute Gasteiger partial charge is 0.105 e. The molecule has 0 radical (unpaired) electrons. The quantitative estimate of drug-likeness (QED) is 0.708. The van der Waals surface area contributed by atoms with E-state index in [9.17, 15) is 5.26 Å². The number of rotatable bonds is 8. The Morgan fingerprint density at radius 2 is 1.88 bits per heavy atom. The minimum atomic E-state index is -0.404. The number of hydrogen-bond acceptors (Lipinski definition) is 3. The second-order valence-electron chi connectivity index (χ2n) is 5.51. The van der Waals surface area contributed by atoms with Crippen LogP contribution in [0.4, 0.5) is 0 Å². The highest BCUT2D eigenvalue weighted by atomic mass is 15.2. The summed E-state index contributed by atoms with van der Waals surface area (Å²) < 4.78 is 0. The van der Waals surface area contributed by atoms with Crippen LogP contribution in [0.15, 0.2) is 0 Å². The average molecular weight is 239 g/mol. The predicted octanol–water partition coefficient (Wildman–Crippen LogP) is 2.63. The van der Waals surface area contributed by atoms with Crippen molar-refractivity contribution in [3.8, 4) is 6.07 Å². The zero-order valence-corrected chi connectivity index (χ0v) is 12.4. The van der Waals surface area contributed by atoms with Gasteiger partial charge in [0.1, 0.15) is 5.54 Å². The van der Waals surface area contributed by atoms with E-state index < -0.39 is 5.54 Å². The second kappa shape index (κ2) is 7.68. The van der Waals surface area contributed by atoms with E-state index in [1.165, 1.54) is 0 Å². The largest absolute Gasteiger partial charge is 0.301 e. The molecule has 0 aromatic rings. The molecule has 100 valence electrons. The lowest BCUT2D eigenvalue weighted by atomic mass is 9.94. The van der Waals surface area contributed by atoms with Gasteiger partial charge in [0.05, 0.1) is 6.07 Å². The summed E-state index contributed by atoms with van der Waals surface area (Å²) in [5, 5.41) is 12.6. The van der Waals surface area contributed by atoms with Crippen molar-refractivity contribution < 1.29 is 0 Å². The first-order chi connectivity index (χ1) is 7.88. The molecule has 1 N–H and O–H groups in total. The molecule has 0 aliphatic heterocycles. The second-order valence-corrected chi connectivity index (χ2v) is 5.51. The van der Waals surface area contributed by atoms with E-state index in [4.69, 9.17) is 0 Å². The van der Waals surface area contributed by atoms with Gasteiger partial charge in [0.2, 0.25) is 0 Å². The predicted molar refractivity (Wildman–Crippen MR) is 73.9 cm³/mol. The highest BCUT2D eigenvalue weighted by molar-refractivity contribution is 5.05. The van der Waals surface area contributed by atoms with E-state index in [1.54, 1.807) is 0 Å². The van der Waals surface area contributed by atoms with E-state index in [0.717, 1.165) is 26.1 Å². The van der Waals surface area contributed by atoms with Crippen molar-refractivity contribution in [1.82, 2.24) is 10.2 Å². The number of nitrogens with one attached hydrogen (secondary N) is 1. The molecule has 3 heteroatoms. The van der Waals surface area contributed by atoms with Crippen LogP contribution in [0, 0.1) is 17.2 Å². The molecule has 2 unspecified atom stereocenters. The van der Waals surface area contributed by atoms with Gasteiger partial charge < -0.3 is 4.90 Å². The van der Waals surface area contributed by atoms with Crippen LogP contribution in [0.3, 0.4) is 0 Å². The van der Waals surface area contributed by atoms with Crippen LogP contribution in [-0.4, -0.2) is 36.1 Å². The molecule has 0 aromatic carbocycles. The molecule has 0 rings (SSSR count). The summed E-state index contributed by atoms with van der Waals surface area (Å²) in [5.41, 5.74) is -0.404. The summed E-state index contributed by atoms with van der Waals surface area (Å²) in [5.74, 6) is 0.671. The van der Waals surface area contributed by atoms with Crippen molar-refractivity contribution in [2.24, 2.45) is 5.92 Å². The third-order valence-electron chi connectivity index (χ3n) is 3.15. The maximum absolute atomic E-state index is 9.27. The molecule has 0 spiro atoms. The molecule has 3 nitrogen and oxygen atoms in total. The maximum atomic E-state index is 9.27. The summed E-state index contributed by atoms with van der Waals surface area (Å²) in [6, 6.07) is 2.84. The molecule has 17 heavy (non-hydrogen) atoms. The summed E-state index contributed by atoms with van der Waals surface area (Å²) in [6.45, 7) is 15.9. The topological polar surface area (TPSA) is 39.1 Å². The van der Waals surface area contributed by atoms with Gasteiger partial charge in [-0.25, -0.2) is 0 Å². The van der Waals surface area contributed by atoms with Crippen LogP contribution in [0.5, 0.6) is 0 Å². The molecule has 0 saturated heterocycles. The highest BCUT2D eigenvalue weighted by Gasteiger charge is 2.27. The molecular formula is C14H29N3. The minimum Gasteiger partial charge on any atom is -0.301 e. The van der Waals surface area contributed by atoms with Crippen LogP contribution in [-0.2, 0) is 0 Å². The number of hydrogen-bond donors (Lipinski definition) is 1. The van der Waals surface area contributed by atoms with E-state index in [0.29, 0.717) is 12.0 Å². The van der Waals surface area contributed by atoms with Gasteiger partial charge in [0.25, 0.3) is 0 Å². The van der Waals surface area contributed by atoms with Gasteiger partial charge in [0, 0.05) is 12.6 Å². The zero-order chi connectivity index (χ0) is 13.5. The van der Waals surface area contributed by atoms with Crippen LogP contribution in [0.25, 0.3) is 0 Å². The SMILES string of the molecule is CCNC(C)(C#N)CC(C)N(CC)CC(C)C. The molecule has 2 atom stereocenters. The first-order valence-corrected chi connectivity index (χ1v) is 6.78. The van der Waals surface area contributed by atoms with Gasteiger partial charge in [-0.3, -0.25) is 5.32 Å². The number of nitrogens with zero attached hydrogens (tertiary/aromatic N) is 2. The minimum absolute atomic E-state index is 0.404. The molecule has 0 heterocycles. The normalized spacial score (nSPS) is 16.9. The van der Waals surface area contributed by atoms with Crippen molar-refractivity contribution in [2.45, 2.75) is 59.5 Å². The molecule has 0 amide bonds. The van der Waals surface area contributed by atoms with Crippen molar-refractivity contribution in [3.63, 3.8) is 0 Å². The maximum Gasteiger partial charge on any atom is 0.105 e. The van der Waals surface area contributed by atoms with Crippen molar-refractivity contribution in [1.29, 1.82) is 5.26 Å². The van der Waals surface area contributed by atoms with Crippen LogP contribution in [0.1, 0.15) is 48.0 Å². The van der Waals surface area contributed by atoms with E-state index in [-0.39, 0.29) is 0 Å². The van der Waals surface area contributed by atoms with E-state index in [1.807, 2.05) is 13.8 Å². The molecule has 0 saturated carbocycles. The van der Waals surface area contributed by atoms with Gasteiger partial charge in [-0.1, -0.05) is 27.7 Å². The third kappa shape index (κ3) is 6.05. The van der Waals surface area contributed by atoms with Gasteiger partial charge in [0.15, 0.2) is 0 Å². The fraction of sp³-hybridized carbons (Fsp3) is 0.929. The lowest BCUT2D eigenvalue weighted by Gasteiger charge is -2.34. The fourth-order valence-corrected chi connectivity index (χ4v) is 2.36. The van der Waals surface area contributed by atoms with Crippen molar-refractivity contribution in [2.75, 3.05) is 19.6 Å². The van der Waals surface area contributed by atoms with E-state index >= 15 is 0 Å². The monoisotopic (exact) mass is 239 g/mol. The molecule has 0 aliphatic carbocycles. The van der Waals surface area contributed by atoms with Crippen molar-refractivity contribution >= 4 is 0 Å². The highest BCUT2D eigenvalue weighted by Crippen LogP contribution is 2.16. The van der Waals surface area contributed by atoms with Gasteiger partial charge in [-0.15, -0.1) is 0 Å². The summed E-state index contributed by atoms with van der Waals surface area (Å²) in [7, 11) is 0. The molecular weight excluding hydrogens is 210 g/mol. The van der Waals surface area contributed by atoms with Crippen LogP contribution in [0.2, 0.25) is 0 Å². The average Bonchev–Trinajstić information content (AvgIpc) is 2.25. The Morgan fingerprint density at radius 1 is 1.29 bits per heavy atom. The molecule has 0 aliphatic rings.